The molecule has 1 heterocycles. The molecule has 0 aromatic rings. The highest BCUT2D eigenvalue weighted by Crippen LogP contribution is 2.23. The van der Waals surface area contributed by atoms with Crippen molar-refractivity contribution in [3.63, 3.8) is 0 Å². The molecule has 1 fully saturated rings. The SMILES string of the molecule is CCCCCCCC/C=C/CCCCCCCCCCCC(=O)O[C@H](COC(=O)CCCCCCCCCCCCCCCC)CO[C@@H]1O[C@H](CO)[C@H](O)C(O)C1O. The van der Waals surface area contributed by atoms with E-state index >= 15 is 0 Å². The van der Waals surface area contributed by atoms with Crippen molar-refractivity contribution >= 4 is 11.9 Å². The van der Waals surface area contributed by atoms with E-state index in [2.05, 4.69) is 26.0 Å². The van der Waals surface area contributed by atoms with E-state index in [0.29, 0.717) is 6.42 Å². The fraction of sp³-hybridized carbons (Fsp3) is 0.917. The van der Waals surface area contributed by atoms with Gasteiger partial charge < -0.3 is 39.4 Å². The molecule has 2 unspecified atom stereocenters. The van der Waals surface area contributed by atoms with Gasteiger partial charge in [-0.1, -0.05) is 187 Å². The molecular weight excluding hydrogens is 737 g/mol. The van der Waals surface area contributed by atoms with Crippen LogP contribution in [0.25, 0.3) is 0 Å². The van der Waals surface area contributed by atoms with Gasteiger partial charge in [0.05, 0.1) is 13.2 Å². The second kappa shape index (κ2) is 39.6. The predicted octanol–water partition coefficient (Wildman–Crippen LogP) is 10.7. The molecule has 6 atom stereocenters. The van der Waals surface area contributed by atoms with Crippen molar-refractivity contribution in [2.45, 2.75) is 263 Å². The number of carbonyl (C=O) groups is 2. The van der Waals surface area contributed by atoms with Crippen LogP contribution in [0.15, 0.2) is 12.2 Å². The summed E-state index contributed by atoms with van der Waals surface area (Å²) in [6.07, 6.45) is 35.0. The molecule has 4 N–H and O–H groups in total. The summed E-state index contributed by atoms with van der Waals surface area (Å²) in [5.41, 5.74) is 0. The van der Waals surface area contributed by atoms with E-state index in [1.165, 1.54) is 154 Å². The molecule has 1 aliphatic rings. The summed E-state index contributed by atoms with van der Waals surface area (Å²) < 4.78 is 22.2. The number of unbranched alkanes of at least 4 members (excludes halogenated alkanes) is 28. The molecule has 1 rings (SSSR count). The highest BCUT2D eigenvalue weighted by molar-refractivity contribution is 5.70. The van der Waals surface area contributed by atoms with Crippen LogP contribution in [0.2, 0.25) is 0 Å². The number of hydrogen-bond donors (Lipinski definition) is 4. The Kier molecular flexibility index (Phi) is 37.2. The molecular formula is C48H90O10. The zero-order chi connectivity index (χ0) is 42.3. The van der Waals surface area contributed by atoms with Crippen molar-refractivity contribution in [1.29, 1.82) is 0 Å². The largest absolute Gasteiger partial charge is 0.462 e. The molecule has 1 saturated heterocycles. The Hall–Kier alpha value is -1.56. The van der Waals surface area contributed by atoms with Crippen molar-refractivity contribution in [3.05, 3.63) is 12.2 Å². The number of carbonyl (C=O) groups excluding carboxylic acids is 2. The smallest absolute Gasteiger partial charge is 0.306 e. The van der Waals surface area contributed by atoms with Crippen LogP contribution in [0.5, 0.6) is 0 Å². The van der Waals surface area contributed by atoms with Crippen molar-refractivity contribution in [3.8, 4) is 0 Å². The van der Waals surface area contributed by atoms with Gasteiger partial charge in [-0.05, 0) is 38.5 Å². The van der Waals surface area contributed by atoms with E-state index in [0.717, 1.165) is 38.5 Å². The van der Waals surface area contributed by atoms with Crippen LogP contribution >= 0.6 is 0 Å². The second-order valence-corrected chi connectivity index (χ2v) is 16.9. The minimum Gasteiger partial charge on any atom is -0.462 e. The molecule has 0 aliphatic carbocycles. The minimum absolute atomic E-state index is 0.212. The number of esters is 2. The van der Waals surface area contributed by atoms with Gasteiger partial charge >= 0.3 is 11.9 Å². The monoisotopic (exact) mass is 827 g/mol. The van der Waals surface area contributed by atoms with E-state index in [1.807, 2.05) is 0 Å². The first kappa shape index (κ1) is 54.5. The van der Waals surface area contributed by atoms with Crippen LogP contribution in [0.4, 0.5) is 0 Å². The maximum absolute atomic E-state index is 12.8. The number of aliphatic hydroxyl groups excluding tert-OH is 4. The van der Waals surface area contributed by atoms with Crippen molar-refractivity contribution in [2.24, 2.45) is 0 Å². The average Bonchev–Trinajstić information content (AvgIpc) is 3.22. The molecule has 10 heteroatoms. The Bertz CT molecular complexity index is 959. The maximum atomic E-state index is 12.8. The van der Waals surface area contributed by atoms with Gasteiger partial charge in [0.25, 0.3) is 0 Å². The van der Waals surface area contributed by atoms with Gasteiger partial charge in [-0.2, -0.15) is 0 Å². The highest BCUT2D eigenvalue weighted by Gasteiger charge is 2.44. The maximum Gasteiger partial charge on any atom is 0.306 e. The lowest BCUT2D eigenvalue weighted by Crippen LogP contribution is -2.59. The molecule has 58 heavy (non-hydrogen) atoms. The Morgan fingerprint density at radius 3 is 1.34 bits per heavy atom. The molecule has 1 aliphatic heterocycles. The number of ether oxygens (including phenoxy) is 4. The molecule has 0 aromatic carbocycles. The van der Waals surface area contributed by atoms with Gasteiger partial charge in [0.15, 0.2) is 12.4 Å². The molecule has 342 valence electrons. The van der Waals surface area contributed by atoms with Crippen molar-refractivity contribution in [1.82, 2.24) is 0 Å². The Labute approximate surface area is 354 Å². The van der Waals surface area contributed by atoms with Gasteiger partial charge in [-0.3, -0.25) is 9.59 Å². The van der Waals surface area contributed by atoms with Crippen LogP contribution in [0, 0.1) is 0 Å². The first-order chi connectivity index (χ1) is 28.3. The van der Waals surface area contributed by atoms with E-state index in [9.17, 15) is 30.0 Å². The van der Waals surface area contributed by atoms with Crippen LogP contribution in [-0.4, -0.2) is 89.0 Å². The topological polar surface area (TPSA) is 152 Å². The fourth-order valence-corrected chi connectivity index (χ4v) is 7.54. The minimum atomic E-state index is -1.59. The molecule has 0 aromatic heterocycles. The van der Waals surface area contributed by atoms with Gasteiger partial charge in [0.1, 0.15) is 31.0 Å². The molecule has 0 radical (unpaired) electrons. The number of allylic oxidation sites excluding steroid dienone is 2. The lowest BCUT2D eigenvalue weighted by atomic mass is 9.99. The van der Waals surface area contributed by atoms with E-state index < -0.39 is 49.4 Å². The fourth-order valence-electron chi connectivity index (χ4n) is 7.54. The lowest BCUT2D eigenvalue weighted by Gasteiger charge is -2.39. The Morgan fingerprint density at radius 2 is 0.914 bits per heavy atom. The Morgan fingerprint density at radius 1 is 0.517 bits per heavy atom. The summed E-state index contributed by atoms with van der Waals surface area (Å²) in [6, 6.07) is 0. The molecule has 0 amide bonds. The van der Waals surface area contributed by atoms with E-state index in [4.69, 9.17) is 18.9 Å². The zero-order valence-corrected chi connectivity index (χ0v) is 37.3. The predicted molar refractivity (Wildman–Crippen MR) is 233 cm³/mol. The third kappa shape index (κ3) is 30.5. The summed E-state index contributed by atoms with van der Waals surface area (Å²) in [6.45, 7) is 3.45. The number of aliphatic hydroxyl groups is 4. The Balaban J connectivity index is 2.28. The quantitative estimate of drug-likeness (QED) is 0.0266. The molecule has 0 spiro atoms. The van der Waals surface area contributed by atoms with Crippen molar-refractivity contribution < 1.29 is 49.0 Å². The van der Waals surface area contributed by atoms with Gasteiger partial charge in [-0.15, -0.1) is 0 Å². The standard InChI is InChI=1S/C48H90O10/c1-3-5-7-9-11-13-15-17-19-20-21-22-23-25-27-29-31-33-35-37-44(51)57-41(40-56-48-47(54)46(53)45(52)42(38-49)58-48)39-55-43(50)36-34-32-30-28-26-24-18-16-14-12-10-8-6-4-2/h17,19,41-42,45-49,52-54H,3-16,18,20-40H2,1-2H3/b19-17+/t41-,42-,45+,46?,47?,48-/m1/s1. The normalized spacial score (nSPS) is 20.1. The lowest BCUT2D eigenvalue weighted by molar-refractivity contribution is -0.305. The van der Waals surface area contributed by atoms with Gasteiger partial charge in [0, 0.05) is 12.8 Å². The molecule has 0 bridgehead atoms. The first-order valence-corrected chi connectivity index (χ1v) is 24.3. The summed E-state index contributed by atoms with van der Waals surface area (Å²) in [7, 11) is 0. The summed E-state index contributed by atoms with van der Waals surface area (Å²) >= 11 is 0. The third-order valence-electron chi connectivity index (χ3n) is 11.4. The summed E-state index contributed by atoms with van der Waals surface area (Å²) in [4.78, 5) is 25.4. The van der Waals surface area contributed by atoms with Crippen LogP contribution in [0.3, 0.4) is 0 Å². The van der Waals surface area contributed by atoms with E-state index in [-0.39, 0.29) is 32.0 Å². The summed E-state index contributed by atoms with van der Waals surface area (Å²) in [5, 5.41) is 40.1. The van der Waals surface area contributed by atoms with Crippen LogP contribution in [-0.2, 0) is 28.5 Å². The van der Waals surface area contributed by atoms with Gasteiger partial charge in [0.2, 0.25) is 0 Å². The average molecular weight is 827 g/mol. The van der Waals surface area contributed by atoms with E-state index in [1.54, 1.807) is 0 Å². The summed E-state index contributed by atoms with van der Waals surface area (Å²) in [5.74, 6) is -0.796. The number of rotatable bonds is 41. The van der Waals surface area contributed by atoms with Crippen LogP contribution < -0.4 is 0 Å². The van der Waals surface area contributed by atoms with Crippen LogP contribution in [0.1, 0.15) is 226 Å². The molecule has 0 saturated carbocycles. The highest BCUT2D eigenvalue weighted by atomic mass is 16.7. The molecule has 10 nitrogen and oxygen atoms in total. The first-order valence-electron chi connectivity index (χ1n) is 24.3. The second-order valence-electron chi connectivity index (χ2n) is 16.9. The third-order valence-corrected chi connectivity index (χ3v) is 11.4. The van der Waals surface area contributed by atoms with Crippen molar-refractivity contribution in [2.75, 3.05) is 19.8 Å². The zero-order valence-electron chi connectivity index (χ0n) is 37.3. The van der Waals surface area contributed by atoms with Gasteiger partial charge in [-0.25, -0.2) is 0 Å². The number of hydrogen-bond acceptors (Lipinski definition) is 10.